The van der Waals surface area contributed by atoms with E-state index >= 15 is 0 Å². The SMILES string of the molecule is Cc1c(C)c(C)[c-](C2C=Cc3ccccc32)c1C.[Hf]. The van der Waals surface area contributed by atoms with Crippen molar-refractivity contribution >= 4 is 6.08 Å². The molecule has 1 atom stereocenters. The summed E-state index contributed by atoms with van der Waals surface area (Å²) in [7, 11) is 0. The van der Waals surface area contributed by atoms with E-state index in [-0.39, 0.29) is 25.8 Å². The Morgan fingerprint density at radius 2 is 1.47 bits per heavy atom. The number of fused-ring (bicyclic) bond motifs is 1. The molecule has 2 aromatic rings. The molecular formula is C18H19Hf-. The van der Waals surface area contributed by atoms with Crippen molar-refractivity contribution in [3.63, 3.8) is 0 Å². The molecule has 0 bridgehead atoms. The first-order valence-corrected chi connectivity index (χ1v) is 6.61. The van der Waals surface area contributed by atoms with E-state index in [2.05, 4.69) is 64.1 Å². The van der Waals surface area contributed by atoms with Crippen LogP contribution in [-0.4, -0.2) is 0 Å². The molecule has 0 nitrogen and oxygen atoms in total. The van der Waals surface area contributed by atoms with Crippen LogP contribution < -0.4 is 0 Å². The van der Waals surface area contributed by atoms with Crippen LogP contribution in [0.1, 0.15) is 44.9 Å². The maximum atomic E-state index is 2.35. The predicted octanol–water partition coefficient (Wildman–Crippen LogP) is 4.80. The van der Waals surface area contributed by atoms with Crippen molar-refractivity contribution in [3.8, 4) is 0 Å². The van der Waals surface area contributed by atoms with Crippen LogP contribution in [0.5, 0.6) is 0 Å². The summed E-state index contributed by atoms with van der Waals surface area (Å²) in [6, 6.07) is 8.73. The van der Waals surface area contributed by atoms with E-state index in [1.165, 1.54) is 38.9 Å². The van der Waals surface area contributed by atoms with Crippen LogP contribution in [0.3, 0.4) is 0 Å². The molecule has 96 valence electrons. The largest absolute Gasteiger partial charge is 0.196 e. The molecule has 0 aliphatic heterocycles. The third-order valence-corrected chi connectivity index (χ3v) is 4.61. The van der Waals surface area contributed by atoms with E-state index in [0.717, 1.165) is 0 Å². The Morgan fingerprint density at radius 3 is 2.11 bits per heavy atom. The van der Waals surface area contributed by atoms with Gasteiger partial charge < -0.3 is 0 Å². The van der Waals surface area contributed by atoms with Crippen LogP contribution >= 0.6 is 0 Å². The van der Waals surface area contributed by atoms with Gasteiger partial charge in [-0.25, -0.2) is 0 Å². The third kappa shape index (κ3) is 2.12. The molecule has 1 heteroatoms. The number of hydrogen-bond donors (Lipinski definition) is 0. The number of allylic oxidation sites excluding steroid dienone is 1. The van der Waals surface area contributed by atoms with Gasteiger partial charge in [-0.05, 0) is 17.0 Å². The minimum absolute atomic E-state index is 0. The number of benzene rings is 1. The minimum atomic E-state index is 0. The molecule has 0 amide bonds. The molecule has 1 aliphatic rings. The van der Waals surface area contributed by atoms with Crippen molar-refractivity contribution < 1.29 is 25.8 Å². The van der Waals surface area contributed by atoms with E-state index in [1.54, 1.807) is 0 Å². The second-order valence-electron chi connectivity index (χ2n) is 5.38. The van der Waals surface area contributed by atoms with E-state index in [1.807, 2.05) is 0 Å². The van der Waals surface area contributed by atoms with Gasteiger partial charge in [-0.1, -0.05) is 64.1 Å². The van der Waals surface area contributed by atoms with Crippen molar-refractivity contribution in [1.29, 1.82) is 0 Å². The molecule has 0 saturated carbocycles. The average molecular weight is 414 g/mol. The van der Waals surface area contributed by atoms with Crippen molar-refractivity contribution in [2.75, 3.05) is 0 Å². The average Bonchev–Trinajstić information content (AvgIpc) is 2.87. The van der Waals surface area contributed by atoms with Crippen molar-refractivity contribution in [3.05, 3.63) is 69.3 Å². The molecule has 1 unspecified atom stereocenters. The fourth-order valence-electron chi connectivity index (χ4n) is 3.22. The second-order valence-corrected chi connectivity index (χ2v) is 5.38. The standard InChI is InChI=1S/C18H19.Hf/c1-11-12(2)14(4)18(13(11)3)17-10-9-15-7-5-6-8-16(15)17;/h5-10,17H,1-4H3;/q-1;. The Morgan fingerprint density at radius 1 is 0.895 bits per heavy atom. The molecule has 1 aliphatic carbocycles. The maximum Gasteiger partial charge on any atom is 0 e. The van der Waals surface area contributed by atoms with E-state index < -0.39 is 0 Å². The Labute approximate surface area is 134 Å². The molecule has 3 rings (SSSR count). The van der Waals surface area contributed by atoms with Crippen LogP contribution in [0.15, 0.2) is 30.3 Å². The summed E-state index contributed by atoms with van der Waals surface area (Å²) in [5.41, 5.74) is 10.2. The van der Waals surface area contributed by atoms with Gasteiger partial charge in [-0.2, -0.15) is 22.3 Å². The zero-order valence-corrected chi connectivity index (χ0v) is 15.6. The molecule has 19 heavy (non-hydrogen) atoms. The molecule has 2 aromatic carbocycles. The monoisotopic (exact) mass is 415 g/mol. The van der Waals surface area contributed by atoms with E-state index in [4.69, 9.17) is 0 Å². The van der Waals surface area contributed by atoms with Crippen molar-refractivity contribution in [1.82, 2.24) is 0 Å². The predicted molar refractivity (Wildman–Crippen MR) is 78.3 cm³/mol. The summed E-state index contributed by atoms with van der Waals surface area (Å²) in [5, 5.41) is 0. The Hall–Kier alpha value is -0.820. The van der Waals surface area contributed by atoms with Gasteiger partial charge in [0.15, 0.2) is 0 Å². The van der Waals surface area contributed by atoms with Gasteiger partial charge in [0.1, 0.15) is 0 Å². The fraction of sp³-hybridized carbons (Fsp3) is 0.278. The first kappa shape index (κ1) is 14.6. The summed E-state index contributed by atoms with van der Waals surface area (Å²) in [6.07, 6.45) is 4.61. The maximum absolute atomic E-state index is 2.35. The number of rotatable bonds is 1. The van der Waals surface area contributed by atoms with Crippen LogP contribution in [-0.2, 0) is 25.8 Å². The zero-order chi connectivity index (χ0) is 12.9. The molecule has 0 saturated heterocycles. The first-order valence-electron chi connectivity index (χ1n) is 6.61. The molecule has 0 radical (unpaired) electrons. The van der Waals surface area contributed by atoms with E-state index in [0.29, 0.717) is 5.92 Å². The van der Waals surface area contributed by atoms with E-state index in [9.17, 15) is 0 Å². The topological polar surface area (TPSA) is 0 Å². The molecule has 0 fully saturated rings. The number of hydrogen-bond acceptors (Lipinski definition) is 0. The van der Waals surface area contributed by atoms with Gasteiger partial charge in [0.25, 0.3) is 0 Å². The van der Waals surface area contributed by atoms with Gasteiger partial charge in [0.05, 0.1) is 0 Å². The summed E-state index contributed by atoms with van der Waals surface area (Å²) < 4.78 is 0. The molecule has 0 aromatic heterocycles. The van der Waals surface area contributed by atoms with Gasteiger partial charge in [-0.15, -0.1) is 5.56 Å². The van der Waals surface area contributed by atoms with Gasteiger partial charge in [0.2, 0.25) is 0 Å². The Bertz CT molecular complexity index is 618. The van der Waals surface area contributed by atoms with Crippen LogP contribution in [0.25, 0.3) is 6.08 Å². The molecule has 0 spiro atoms. The Balaban J connectivity index is 0.00000133. The minimum Gasteiger partial charge on any atom is -0.196 e. The first-order chi connectivity index (χ1) is 8.61. The third-order valence-electron chi connectivity index (χ3n) is 4.61. The second kappa shape index (κ2) is 5.28. The van der Waals surface area contributed by atoms with Crippen LogP contribution in [0, 0.1) is 27.7 Å². The van der Waals surface area contributed by atoms with Gasteiger partial charge >= 0.3 is 0 Å². The summed E-state index contributed by atoms with van der Waals surface area (Å²) >= 11 is 0. The fourth-order valence-corrected chi connectivity index (χ4v) is 3.22. The van der Waals surface area contributed by atoms with Gasteiger partial charge in [-0.3, -0.25) is 0 Å². The van der Waals surface area contributed by atoms with Crippen molar-refractivity contribution in [2.24, 2.45) is 0 Å². The van der Waals surface area contributed by atoms with Crippen molar-refractivity contribution in [2.45, 2.75) is 33.6 Å². The van der Waals surface area contributed by atoms with Crippen LogP contribution in [0.4, 0.5) is 0 Å². The Kier molecular flexibility index (Phi) is 4.06. The quantitative estimate of drug-likeness (QED) is 0.465. The summed E-state index contributed by atoms with van der Waals surface area (Å²) in [6.45, 7) is 9.01. The normalized spacial score (nSPS) is 16.3. The molecule has 0 heterocycles. The summed E-state index contributed by atoms with van der Waals surface area (Å²) in [4.78, 5) is 0. The smallest absolute Gasteiger partial charge is 0 e. The van der Waals surface area contributed by atoms with Crippen LogP contribution in [0.2, 0.25) is 0 Å². The summed E-state index contributed by atoms with van der Waals surface area (Å²) in [5.74, 6) is 0.452. The molecular weight excluding hydrogens is 395 g/mol. The zero-order valence-electron chi connectivity index (χ0n) is 12.0. The van der Waals surface area contributed by atoms with Gasteiger partial charge in [0, 0.05) is 25.8 Å². The molecule has 0 N–H and O–H groups in total.